The zero-order valence-corrected chi connectivity index (χ0v) is 14.4. The van der Waals surface area contributed by atoms with E-state index in [0.717, 1.165) is 6.07 Å². The monoisotopic (exact) mass is 401 g/mol. The van der Waals surface area contributed by atoms with Crippen LogP contribution in [0.3, 0.4) is 0 Å². The Bertz CT molecular complexity index is 824. The van der Waals surface area contributed by atoms with Gasteiger partial charge in [0, 0.05) is 11.0 Å². The third kappa shape index (κ3) is 3.18. The van der Waals surface area contributed by atoms with Crippen LogP contribution in [0.15, 0.2) is 51.8 Å². The second-order valence-electron chi connectivity index (χ2n) is 5.40. The van der Waals surface area contributed by atoms with E-state index in [4.69, 9.17) is 0 Å². The molecule has 0 aromatic heterocycles. The molecule has 0 amide bonds. The minimum absolute atomic E-state index is 0.316. The molecule has 1 aliphatic heterocycles. The van der Waals surface area contributed by atoms with Gasteiger partial charge in [0.05, 0.1) is 6.04 Å². The van der Waals surface area contributed by atoms with E-state index in [-0.39, 0.29) is 10.7 Å². The summed E-state index contributed by atoms with van der Waals surface area (Å²) in [6.07, 6.45) is 1.30. The van der Waals surface area contributed by atoms with E-state index < -0.39 is 21.9 Å². The highest BCUT2D eigenvalue weighted by molar-refractivity contribution is 9.10. The van der Waals surface area contributed by atoms with E-state index in [2.05, 4.69) is 15.9 Å². The Balaban J connectivity index is 2.01. The Labute approximate surface area is 142 Å². The molecule has 1 unspecified atom stereocenters. The summed E-state index contributed by atoms with van der Waals surface area (Å²) >= 11 is 3.17. The minimum Gasteiger partial charge on any atom is -0.207 e. The molecule has 0 radical (unpaired) electrons. The van der Waals surface area contributed by atoms with Crippen molar-refractivity contribution >= 4 is 26.0 Å². The molecule has 0 N–H and O–H groups in total. The summed E-state index contributed by atoms with van der Waals surface area (Å²) in [4.78, 5) is -0.346. The first kappa shape index (κ1) is 16.5. The Kier molecular flexibility index (Phi) is 4.53. The van der Waals surface area contributed by atoms with Gasteiger partial charge in [-0.3, -0.25) is 0 Å². The third-order valence-corrected chi connectivity index (χ3v) is 6.35. The molecule has 1 fully saturated rings. The van der Waals surface area contributed by atoms with Crippen molar-refractivity contribution in [3.63, 3.8) is 0 Å². The van der Waals surface area contributed by atoms with Gasteiger partial charge < -0.3 is 0 Å². The highest BCUT2D eigenvalue weighted by atomic mass is 79.9. The fourth-order valence-corrected chi connectivity index (χ4v) is 5.13. The van der Waals surface area contributed by atoms with Crippen LogP contribution in [-0.2, 0) is 10.0 Å². The predicted molar refractivity (Wildman–Crippen MR) is 86.4 cm³/mol. The van der Waals surface area contributed by atoms with Crippen LogP contribution >= 0.6 is 15.9 Å². The lowest BCUT2D eigenvalue weighted by molar-refractivity contribution is 0.393. The molecular formula is C16H14BrF2NO2S. The van der Waals surface area contributed by atoms with Gasteiger partial charge in [0.2, 0.25) is 10.0 Å². The van der Waals surface area contributed by atoms with Gasteiger partial charge in [-0.2, -0.15) is 4.31 Å². The van der Waals surface area contributed by atoms with Gasteiger partial charge >= 0.3 is 0 Å². The lowest BCUT2D eigenvalue weighted by Gasteiger charge is -2.24. The van der Waals surface area contributed by atoms with Gasteiger partial charge in [-0.05, 0) is 48.7 Å². The minimum atomic E-state index is -3.96. The van der Waals surface area contributed by atoms with E-state index >= 15 is 0 Å². The smallest absolute Gasteiger partial charge is 0.207 e. The number of nitrogens with zero attached hydrogens (tertiary/aromatic N) is 1. The zero-order chi connectivity index (χ0) is 16.6. The number of rotatable bonds is 3. The van der Waals surface area contributed by atoms with Gasteiger partial charge in [0.15, 0.2) is 0 Å². The maximum Gasteiger partial charge on any atom is 0.246 e. The normalized spacial score (nSPS) is 19.2. The van der Waals surface area contributed by atoms with E-state index in [1.807, 2.05) is 0 Å². The van der Waals surface area contributed by atoms with Crippen molar-refractivity contribution in [2.75, 3.05) is 6.54 Å². The molecule has 7 heteroatoms. The molecule has 3 rings (SSSR count). The molecule has 0 bridgehead atoms. The second kappa shape index (κ2) is 6.30. The van der Waals surface area contributed by atoms with Crippen molar-refractivity contribution < 1.29 is 17.2 Å². The number of halogens is 3. The molecule has 1 aliphatic rings. The van der Waals surface area contributed by atoms with Crippen LogP contribution in [0.2, 0.25) is 0 Å². The van der Waals surface area contributed by atoms with Crippen LogP contribution in [-0.4, -0.2) is 19.3 Å². The SMILES string of the molecule is O=S(=O)(c1cc(Br)ccc1F)N1CCCC1c1ccc(F)cc1. The molecule has 0 aliphatic carbocycles. The molecule has 1 saturated heterocycles. The van der Waals surface area contributed by atoms with Gasteiger partial charge in [0.25, 0.3) is 0 Å². The Morgan fingerprint density at radius 1 is 1.09 bits per heavy atom. The maximum absolute atomic E-state index is 14.0. The molecule has 0 saturated carbocycles. The third-order valence-electron chi connectivity index (χ3n) is 3.94. The molecule has 1 atom stereocenters. The van der Waals surface area contributed by atoms with Crippen LogP contribution < -0.4 is 0 Å². The molecule has 122 valence electrons. The van der Waals surface area contributed by atoms with E-state index in [9.17, 15) is 17.2 Å². The van der Waals surface area contributed by atoms with E-state index in [1.54, 1.807) is 12.1 Å². The van der Waals surface area contributed by atoms with Crippen molar-refractivity contribution in [3.05, 3.63) is 64.1 Å². The van der Waals surface area contributed by atoms with E-state index in [1.165, 1.54) is 28.6 Å². The molecule has 23 heavy (non-hydrogen) atoms. The lowest BCUT2D eigenvalue weighted by atomic mass is 10.1. The standard InChI is InChI=1S/C16H14BrF2NO2S/c17-12-5-8-14(19)16(10-12)23(21,22)20-9-1-2-15(20)11-3-6-13(18)7-4-11/h3-8,10,15H,1-2,9H2. The van der Waals surface area contributed by atoms with E-state index in [0.29, 0.717) is 29.4 Å². The van der Waals surface area contributed by atoms with Crippen LogP contribution in [0.1, 0.15) is 24.4 Å². The van der Waals surface area contributed by atoms with Crippen LogP contribution in [0.5, 0.6) is 0 Å². The summed E-state index contributed by atoms with van der Waals surface area (Å²) in [5.74, 6) is -1.16. The summed E-state index contributed by atoms with van der Waals surface area (Å²) < 4.78 is 54.6. The first-order valence-corrected chi connectivity index (χ1v) is 9.35. The number of sulfonamides is 1. The molecule has 0 spiro atoms. The highest BCUT2D eigenvalue weighted by Crippen LogP contribution is 2.37. The van der Waals surface area contributed by atoms with Crippen molar-refractivity contribution in [3.8, 4) is 0 Å². The zero-order valence-electron chi connectivity index (χ0n) is 12.0. The van der Waals surface area contributed by atoms with Crippen LogP contribution in [0.4, 0.5) is 8.78 Å². The first-order chi connectivity index (χ1) is 10.9. The van der Waals surface area contributed by atoms with Gasteiger partial charge in [-0.15, -0.1) is 0 Å². The number of hydrogen-bond acceptors (Lipinski definition) is 2. The topological polar surface area (TPSA) is 37.4 Å². The van der Waals surface area contributed by atoms with Gasteiger partial charge in [0.1, 0.15) is 16.5 Å². The van der Waals surface area contributed by atoms with Crippen molar-refractivity contribution in [2.45, 2.75) is 23.8 Å². The van der Waals surface area contributed by atoms with Crippen LogP contribution in [0, 0.1) is 11.6 Å². The van der Waals surface area contributed by atoms with Gasteiger partial charge in [-0.1, -0.05) is 28.1 Å². The fourth-order valence-electron chi connectivity index (χ4n) is 2.85. The first-order valence-electron chi connectivity index (χ1n) is 7.12. The predicted octanol–water partition coefficient (Wildman–Crippen LogP) is 4.25. The maximum atomic E-state index is 14.0. The number of hydrogen-bond donors (Lipinski definition) is 0. The average molecular weight is 402 g/mol. The average Bonchev–Trinajstić information content (AvgIpc) is 3.00. The van der Waals surface area contributed by atoms with Crippen molar-refractivity contribution in [2.24, 2.45) is 0 Å². The summed E-state index contributed by atoms with van der Waals surface area (Å²) in [5, 5.41) is 0. The number of benzene rings is 2. The quantitative estimate of drug-likeness (QED) is 0.770. The molecular weight excluding hydrogens is 388 g/mol. The Hall–Kier alpha value is -1.31. The second-order valence-corrected chi connectivity index (χ2v) is 8.17. The van der Waals surface area contributed by atoms with Crippen molar-refractivity contribution in [1.29, 1.82) is 0 Å². The molecule has 1 heterocycles. The van der Waals surface area contributed by atoms with Gasteiger partial charge in [-0.25, -0.2) is 17.2 Å². The summed E-state index contributed by atoms with van der Waals surface area (Å²) in [6.45, 7) is 0.316. The molecule has 3 nitrogen and oxygen atoms in total. The highest BCUT2D eigenvalue weighted by Gasteiger charge is 2.37. The summed E-state index contributed by atoms with van der Waals surface area (Å²) in [5.41, 5.74) is 0.711. The Morgan fingerprint density at radius 3 is 2.48 bits per heavy atom. The fraction of sp³-hybridized carbons (Fsp3) is 0.250. The lowest BCUT2D eigenvalue weighted by Crippen LogP contribution is -2.31. The van der Waals surface area contributed by atoms with Crippen LogP contribution in [0.25, 0.3) is 0 Å². The van der Waals surface area contributed by atoms with Crippen molar-refractivity contribution in [1.82, 2.24) is 4.31 Å². The Morgan fingerprint density at radius 2 is 1.78 bits per heavy atom. The largest absolute Gasteiger partial charge is 0.246 e. The summed E-state index contributed by atoms with van der Waals surface area (Å²) in [6, 6.07) is 9.20. The summed E-state index contributed by atoms with van der Waals surface area (Å²) in [7, 11) is -3.96. The molecule has 2 aromatic rings. The molecule has 2 aromatic carbocycles.